The quantitative estimate of drug-likeness (QED) is 0.761. The van der Waals surface area contributed by atoms with E-state index < -0.39 is 0 Å². The Morgan fingerprint density at radius 3 is 2.33 bits per heavy atom. The van der Waals surface area contributed by atoms with Crippen molar-refractivity contribution in [1.29, 1.82) is 0 Å². The van der Waals surface area contributed by atoms with Gasteiger partial charge in [-0.05, 0) is 24.2 Å². The van der Waals surface area contributed by atoms with Gasteiger partial charge in [-0.15, -0.1) is 0 Å². The Morgan fingerprint density at radius 2 is 1.93 bits per heavy atom. The van der Waals surface area contributed by atoms with Crippen LogP contribution in [-0.4, -0.2) is 11.9 Å². The van der Waals surface area contributed by atoms with Crippen molar-refractivity contribution in [3.63, 3.8) is 0 Å². The van der Waals surface area contributed by atoms with Crippen LogP contribution in [0.25, 0.3) is 0 Å². The normalized spacial score (nSPS) is 30.4. The smallest absolute Gasteiger partial charge is 0.223 e. The molecule has 1 rings (SSSR count). The SMILES string of the molecule is CCC(C)C(C)C1CC(C(C)C)NC1=O. The summed E-state index contributed by atoms with van der Waals surface area (Å²) < 4.78 is 0. The number of carbonyl (C=O) groups excluding carboxylic acids is 1. The van der Waals surface area contributed by atoms with E-state index in [9.17, 15) is 4.79 Å². The van der Waals surface area contributed by atoms with E-state index in [-0.39, 0.29) is 11.8 Å². The van der Waals surface area contributed by atoms with Crippen LogP contribution in [0.3, 0.4) is 0 Å². The van der Waals surface area contributed by atoms with E-state index in [0.717, 1.165) is 12.8 Å². The van der Waals surface area contributed by atoms with Gasteiger partial charge in [-0.25, -0.2) is 0 Å². The summed E-state index contributed by atoms with van der Waals surface area (Å²) in [6.45, 7) is 11.0. The summed E-state index contributed by atoms with van der Waals surface area (Å²) in [6, 6.07) is 0.397. The number of hydrogen-bond donors (Lipinski definition) is 1. The van der Waals surface area contributed by atoms with Crippen LogP contribution in [0, 0.1) is 23.7 Å². The summed E-state index contributed by atoms with van der Waals surface area (Å²) >= 11 is 0. The Bertz CT molecular complexity index is 225. The minimum atomic E-state index is 0.243. The molecule has 0 radical (unpaired) electrons. The lowest BCUT2D eigenvalue weighted by Crippen LogP contribution is -2.31. The van der Waals surface area contributed by atoms with E-state index >= 15 is 0 Å². The van der Waals surface area contributed by atoms with Gasteiger partial charge in [0, 0.05) is 12.0 Å². The molecule has 1 aliphatic heterocycles. The van der Waals surface area contributed by atoms with Crippen molar-refractivity contribution < 1.29 is 4.79 Å². The molecule has 1 N–H and O–H groups in total. The van der Waals surface area contributed by atoms with Gasteiger partial charge in [0.25, 0.3) is 0 Å². The number of hydrogen-bond acceptors (Lipinski definition) is 1. The monoisotopic (exact) mass is 211 g/mol. The van der Waals surface area contributed by atoms with Crippen LogP contribution in [0.2, 0.25) is 0 Å². The molecule has 1 aliphatic rings. The van der Waals surface area contributed by atoms with E-state index in [0.29, 0.717) is 23.8 Å². The molecule has 0 aromatic heterocycles. The van der Waals surface area contributed by atoms with Crippen molar-refractivity contribution >= 4 is 5.91 Å². The molecule has 0 bridgehead atoms. The molecule has 0 saturated carbocycles. The Balaban J connectivity index is 2.60. The van der Waals surface area contributed by atoms with Crippen LogP contribution in [0.5, 0.6) is 0 Å². The third-order valence-corrected chi connectivity index (χ3v) is 4.15. The maximum Gasteiger partial charge on any atom is 0.223 e. The Kier molecular flexibility index (Phi) is 4.18. The number of carbonyl (C=O) groups is 1. The highest BCUT2D eigenvalue weighted by Gasteiger charge is 2.37. The average molecular weight is 211 g/mol. The van der Waals surface area contributed by atoms with Crippen LogP contribution >= 0.6 is 0 Å². The molecule has 1 amide bonds. The second-order valence-electron chi connectivity index (χ2n) is 5.45. The molecule has 0 aliphatic carbocycles. The second kappa shape index (κ2) is 5.00. The third-order valence-electron chi connectivity index (χ3n) is 4.15. The molecule has 4 atom stereocenters. The summed E-state index contributed by atoms with van der Waals surface area (Å²) in [7, 11) is 0. The van der Waals surface area contributed by atoms with Crippen molar-refractivity contribution in [3.05, 3.63) is 0 Å². The van der Waals surface area contributed by atoms with Gasteiger partial charge < -0.3 is 5.32 Å². The van der Waals surface area contributed by atoms with Gasteiger partial charge >= 0.3 is 0 Å². The van der Waals surface area contributed by atoms with Gasteiger partial charge in [0.15, 0.2) is 0 Å². The highest BCUT2D eigenvalue weighted by Crippen LogP contribution is 2.32. The molecule has 1 heterocycles. The van der Waals surface area contributed by atoms with Gasteiger partial charge in [0.05, 0.1) is 0 Å². The fourth-order valence-corrected chi connectivity index (χ4v) is 2.39. The molecule has 1 saturated heterocycles. The number of amides is 1. The molecule has 88 valence electrons. The predicted molar refractivity (Wildman–Crippen MR) is 63.5 cm³/mol. The molecule has 1 fully saturated rings. The van der Waals surface area contributed by atoms with Crippen molar-refractivity contribution in [3.8, 4) is 0 Å². The zero-order chi connectivity index (χ0) is 11.6. The number of nitrogens with one attached hydrogen (secondary N) is 1. The summed E-state index contributed by atoms with van der Waals surface area (Å²) in [5.41, 5.74) is 0. The Morgan fingerprint density at radius 1 is 1.33 bits per heavy atom. The topological polar surface area (TPSA) is 29.1 Å². The molecule has 0 aromatic carbocycles. The van der Waals surface area contributed by atoms with Crippen LogP contribution in [-0.2, 0) is 4.79 Å². The van der Waals surface area contributed by atoms with Crippen molar-refractivity contribution in [2.75, 3.05) is 0 Å². The first-order valence-electron chi connectivity index (χ1n) is 6.27. The first-order valence-corrected chi connectivity index (χ1v) is 6.27. The molecular weight excluding hydrogens is 186 g/mol. The van der Waals surface area contributed by atoms with Gasteiger partial charge in [-0.2, -0.15) is 0 Å². The van der Waals surface area contributed by atoms with E-state index in [1.807, 2.05) is 0 Å². The van der Waals surface area contributed by atoms with E-state index in [1.54, 1.807) is 0 Å². The van der Waals surface area contributed by atoms with E-state index in [1.165, 1.54) is 0 Å². The molecule has 0 spiro atoms. The Hall–Kier alpha value is -0.530. The highest BCUT2D eigenvalue weighted by molar-refractivity contribution is 5.81. The first-order chi connectivity index (χ1) is 6.97. The molecule has 4 unspecified atom stereocenters. The molecule has 0 aromatic rings. The summed E-state index contributed by atoms with van der Waals surface area (Å²) in [4.78, 5) is 11.8. The lowest BCUT2D eigenvalue weighted by atomic mass is 9.80. The summed E-state index contributed by atoms with van der Waals surface area (Å²) in [5, 5.41) is 3.12. The number of rotatable bonds is 4. The fourth-order valence-electron chi connectivity index (χ4n) is 2.39. The average Bonchev–Trinajstić information content (AvgIpc) is 2.58. The van der Waals surface area contributed by atoms with Gasteiger partial charge in [-0.1, -0.05) is 41.0 Å². The summed E-state index contributed by atoms with van der Waals surface area (Å²) in [6.07, 6.45) is 2.19. The van der Waals surface area contributed by atoms with E-state index in [4.69, 9.17) is 0 Å². The third kappa shape index (κ3) is 2.73. The van der Waals surface area contributed by atoms with E-state index in [2.05, 4.69) is 39.9 Å². The maximum atomic E-state index is 11.8. The van der Waals surface area contributed by atoms with Crippen LogP contribution in [0.15, 0.2) is 0 Å². The standard InChI is InChI=1S/C13H25NO/c1-6-9(4)10(5)11-7-12(8(2)3)14-13(11)15/h8-12H,6-7H2,1-5H3,(H,14,15). The van der Waals surface area contributed by atoms with Crippen LogP contribution in [0.1, 0.15) is 47.5 Å². The van der Waals surface area contributed by atoms with Crippen molar-refractivity contribution in [2.24, 2.45) is 23.7 Å². The second-order valence-corrected chi connectivity index (χ2v) is 5.45. The zero-order valence-electron chi connectivity index (χ0n) is 10.7. The van der Waals surface area contributed by atoms with Crippen LogP contribution < -0.4 is 5.32 Å². The predicted octanol–water partition coefficient (Wildman–Crippen LogP) is 2.83. The highest BCUT2D eigenvalue weighted by atomic mass is 16.2. The van der Waals surface area contributed by atoms with Gasteiger partial charge in [0.2, 0.25) is 5.91 Å². The molecule has 2 nitrogen and oxygen atoms in total. The molecular formula is C13H25NO. The van der Waals surface area contributed by atoms with Crippen LogP contribution in [0.4, 0.5) is 0 Å². The molecule has 2 heteroatoms. The van der Waals surface area contributed by atoms with Crippen molar-refractivity contribution in [2.45, 2.75) is 53.5 Å². The Labute approximate surface area is 93.8 Å². The van der Waals surface area contributed by atoms with Gasteiger partial charge in [-0.3, -0.25) is 4.79 Å². The minimum Gasteiger partial charge on any atom is -0.353 e. The first kappa shape index (κ1) is 12.5. The summed E-state index contributed by atoms with van der Waals surface area (Å²) in [5.74, 6) is 2.24. The lowest BCUT2D eigenvalue weighted by molar-refractivity contribution is -0.124. The maximum absolute atomic E-state index is 11.8. The largest absolute Gasteiger partial charge is 0.353 e. The zero-order valence-corrected chi connectivity index (χ0v) is 10.7. The lowest BCUT2D eigenvalue weighted by Gasteiger charge is -2.23. The molecule has 15 heavy (non-hydrogen) atoms. The van der Waals surface area contributed by atoms with Crippen molar-refractivity contribution in [1.82, 2.24) is 5.32 Å². The van der Waals surface area contributed by atoms with Gasteiger partial charge in [0.1, 0.15) is 0 Å². The fraction of sp³-hybridized carbons (Fsp3) is 0.923. The minimum absolute atomic E-state index is 0.243.